The number of aliphatic hydroxyl groups is 2. The highest BCUT2D eigenvalue weighted by molar-refractivity contribution is 7.92. The molecule has 0 spiro atoms. The topological polar surface area (TPSA) is 74.6 Å². The van der Waals surface area contributed by atoms with Gasteiger partial charge in [-0.05, 0) is 148 Å². The maximum absolute atomic E-state index is 14.5. The first-order valence-electron chi connectivity index (χ1n) is 17.4. The van der Waals surface area contributed by atoms with E-state index in [-0.39, 0.29) is 22.2 Å². The van der Waals surface area contributed by atoms with Crippen molar-refractivity contribution in [1.82, 2.24) is 0 Å². The fourth-order valence-electron chi connectivity index (χ4n) is 11.3. The molecule has 0 radical (unpaired) electrons. The van der Waals surface area contributed by atoms with E-state index in [2.05, 4.69) is 40.7 Å². The quantitative estimate of drug-likeness (QED) is 0.317. The Bertz CT molecular complexity index is 1320. The molecule has 0 bridgehead atoms. The normalized spacial score (nSPS) is 41.7. The van der Waals surface area contributed by atoms with Crippen LogP contribution in [0.4, 0.5) is 0 Å². The van der Waals surface area contributed by atoms with Gasteiger partial charge in [0.05, 0.1) is 21.3 Å². The van der Waals surface area contributed by atoms with Crippen LogP contribution in [0.1, 0.15) is 125 Å². The van der Waals surface area contributed by atoms with Crippen molar-refractivity contribution in [3.8, 4) is 0 Å². The molecule has 6 rings (SSSR count). The molecule has 0 saturated heterocycles. The molecule has 0 heterocycles. The van der Waals surface area contributed by atoms with E-state index < -0.39 is 26.3 Å². The van der Waals surface area contributed by atoms with Gasteiger partial charge in [-0.15, -0.1) is 0 Å². The predicted molar refractivity (Wildman–Crippen MR) is 174 cm³/mol. The third-order valence-electron chi connectivity index (χ3n) is 14.3. The Labute approximate surface area is 262 Å². The summed E-state index contributed by atoms with van der Waals surface area (Å²) in [5.74, 6) is 2.21. The molecule has 5 aliphatic carbocycles. The summed E-state index contributed by atoms with van der Waals surface area (Å²) in [4.78, 5) is 0.404. The molecule has 43 heavy (non-hydrogen) atoms. The summed E-state index contributed by atoms with van der Waals surface area (Å²) in [7, 11) is -3.62. The summed E-state index contributed by atoms with van der Waals surface area (Å²) in [6.45, 7) is 13.7. The van der Waals surface area contributed by atoms with Crippen molar-refractivity contribution in [3.63, 3.8) is 0 Å². The van der Waals surface area contributed by atoms with E-state index in [0.717, 1.165) is 51.4 Å². The van der Waals surface area contributed by atoms with E-state index in [1.165, 1.54) is 18.4 Å². The predicted octanol–water partition coefficient (Wildman–Crippen LogP) is 8.52. The van der Waals surface area contributed by atoms with Gasteiger partial charge in [0.15, 0.2) is 9.84 Å². The Balaban J connectivity index is 1.29. The first kappa shape index (κ1) is 31.8. The zero-order valence-electron chi connectivity index (χ0n) is 27.7. The van der Waals surface area contributed by atoms with Crippen LogP contribution >= 0.6 is 0 Å². The Kier molecular flexibility index (Phi) is 7.91. The van der Waals surface area contributed by atoms with E-state index in [4.69, 9.17) is 0 Å². The lowest BCUT2D eigenvalue weighted by atomic mass is 9.46. The number of fused-ring (bicyclic) bond motifs is 5. The molecule has 2 N–H and O–H groups in total. The summed E-state index contributed by atoms with van der Waals surface area (Å²) in [6.07, 6.45) is 14.6. The highest BCUT2D eigenvalue weighted by Crippen LogP contribution is 2.68. The zero-order valence-corrected chi connectivity index (χ0v) is 28.6. The van der Waals surface area contributed by atoms with Crippen molar-refractivity contribution in [3.05, 3.63) is 42.0 Å². The smallest absolute Gasteiger partial charge is 0.181 e. The van der Waals surface area contributed by atoms with Crippen molar-refractivity contribution in [1.29, 1.82) is 0 Å². The number of allylic oxidation sites excluding steroid dienone is 1. The van der Waals surface area contributed by atoms with Crippen molar-refractivity contribution < 1.29 is 18.6 Å². The summed E-state index contributed by atoms with van der Waals surface area (Å²) >= 11 is 0. The molecule has 1 aromatic rings. The molecule has 4 saturated carbocycles. The van der Waals surface area contributed by atoms with Crippen LogP contribution in [0.25, 0.3) is 0 Å². The summed E-state index contributed by atoms with van der Waals surface area (Å²) in [5, 5.41) is 22.2. The maximum atomic E-state index is 14.5. The van der Waals surface area contributed by atoms with Gasteiger partial charge < -0.3 is 10.2 Å². The van der Waals surface area contributed by atoms with Gasteiger partial charge in [0.25, 0.3) is 0 Å². The third-order valence-corrected chi connectivity index (χ3v) is 16.6. The van der Waals surface area contributed by atoms with Gasteiger partial charge in [-0.3, -0.25) is 0 Å². The molecular formula is C38H58O4S. The van der Waals surface area contributed by atoms with E-state index in [1.54, 1.807) is 12.1 Å². The van der Waals surface area contributed by atoms with Gasteiger partial charge in [-0.1, -0.05) is 64.5 Å². The molecular weight excluding hydrogens is 552 g/mol. The average molecular weight is 611 g/mol. The van der Waals surface area contributed by atoms with E-state index in [1.807, 2.05) is 25.1 Å². The van der Waals surface area contributed by atoms with E-state index in [0.29, 0.717) is 47.8 Å². The van der Waals surface area contributed by atoms with Gasteiger partial charge in [0.2, 0.25) is 0 Å². The molecule has 4 nitrogen and oxygen atoms in total. The van der Waals surface area contributed by atoms with E-state index in [9.17, 15) is 18.6 Å². The lowest BCUT2D eigenvalue weighted by Gasteiger charge is -2.59. The second-order valence-corrected chi connectivity index (χ2v) is 19.7. The highest BCUT2D eigenvalue weighted by atomic mass is 32.2. The number of sulfone groups is 1. The minimum Gasteiger partial charge on any atom is -0.390 e. The standard InChI is InChI=1S/C38H58O4S/c1-26(33(43(41,42)28-10-8-7-9-11-28)25-38(40)22-18-34(2,3)19-23-38)30-14-15-31-29-13-12-27-24-35(4,39)20-21-36(27,5)32(29)16-17-37(30,31)6/h7-12,26,29-33,39-40H,13-25H2,1-6H3/t26-,29-,30+,31-,32-,33?,35-,36-,37+/m0/s1. The molecule has 1 aromatic carbocycles. The monoisotopic (exact) mass is 610 g/mol. The maximum Gasteiger partial charge on any atom is 0.181 e. The zero-order chi connectivity index (χ0) is 31.1. The van der Waals surface area contributed by atoms with Crippen LogP contribution < -0.4 is 0 Å². The van der Waals surface area contributed by atoms with Crippen LogP contribution in [-0.4, -0.2) is 35.1 Å². The van der Waals surface area contributed by atoms with Crippen LogP contribution in [0.3, 0.4) is 0 Å². The van der Waals surface area contributed by atoms with Crippen LogP contribution in [0.2, 0.25) is 0 Å². The van der Waals surface area contributed by atoms with Gasteiger partial charge in [0, 0.05) is 0 Å². The van der Waals surface area contributed by atoms with Gasteiger partial charge in [-0.2, -0.15) is 0 Å². The molecule has 0 aliphatic heterocycles. The molecule has 0 amide bonds. The van der Waals surface area contributed by atoms with Crippen LogP contribution in [0.5, 0.6) is 0 Å². The number of rotatable bonds is 6. The molecule has 5 aliphatic rings. The Morgan fingerprint density at radius 2 is 1.51 bits per heavy atom. The van der Waals surface area contributed by atoms with Gasteiger partial charge in [0.1, 0.15) is 0 Å². The highest BCUT2D eigenvalue weighted by Gasteiger charge is 2.61. The largest absolute Gasteiger partial charge is 0.390 e. The second-order valence-electron chi connectivity index (χ2n) is 17.5. The fraction of sp³-hybridized carbons (Fsp3) is 0.789. The Morgan fingerprint density at radius 1 is 0.837 bits per heavy atom. The van der Waals surface area contributed by atoms with Gasteiger partial charge >= 0.3 is 0 Å². The molecule has 0 aromatic heterocycles. The molecule has 1 unspecified atom stereocenters. The van der Waals surface area contributed by atoms with Crippen molar-refractivity contribution in [2.75, 3.05) is 0 Å². The molecule has 5 heteroatoms. The summed E-state index contributed by atoms with van der Waals surface area (Å²) in [5.41, 5.74) is 0.503. The summed E-state index contributed by atoms with van der Waals surface area (Å²) < 4.78 is 29.0. The van der Waals surface area contributed by atoms with Crippen molar-refractivity contribution in [2.24, 2.45) is 45.8 Å². The summed E-state index contributed by atoms with van der Waals surface area (Å²) in [6, 6.07) is 9.05. The minimum atomic E-state index is -3.62. The Hall–Kier alpha value is -1.17. The second kappa shape index (κ2) is 10.7. The molecule has 9 atom stereocenters. The van der Waals surface area contributed by atoms with Crippen LogP contribution in [0.15, 0.2) is 46.9 Å². The van der Waals surface area contributed by atoms with Crippen molar-refractivity contribution in [2.45, 2.75) is 146 Å². The average Bonchev–Trinajstić information content (AvgIpc) is 3.31. The minimum absolute atomic E-state index is 0.0224. The van der Waals surface area contributed by atoms with Crippen LogP contribution in [0, 0.1) is 45.8 Å². The van der Waals surface area contributed by atoms with E-state index >= 15 is 0 Å². The van der Waals surface area contributed by atoms with Crippen LogP contribution in [-0.2, 0) is 9.84 Å². The van der Waals surface area contributed by atoms with Gasteiger partial charge in [-0.25, -0.2) is 8.42 Å². The number of hydrogen-bond acceptors (Lipinski definition) is 4. The number of benzene rings is 1. The Morgan fingerprint density at radius 3 is 2.19 bits per heavy atom. The number of hydrogen-bond donors (Lipinski definition) is 2. The van der Waals surface area contributed by atoms with Crippen molar-refractivity contribution >= 4 is 9.84 Å². The third kappa shape index (κ3) is 5.50. The molecule has 240 valence electrons. The lowest BCUT2D eigenvalue weighted by molar-refractivity contribution is -0.0729. The first-order chi connectivity index (χ1) is 20.0. The SMILES string of the molecule is C[C@H](C(CC1(O)CCC(C)(C)CC1)S(=O)(=O)c1ccccc1)[C@H]1CC[C@H]2[C@@H]3CC=C4C[C@@](C)(O)CC[C@]4(C)[C@H]3CC[C@]12C. The first-order valence-corrected chi connectivity index (χ1v) is 19.0. The fourth-order valence-corrected chi connectivity index (χ4v) is 13.5. The lowest BCUT2D eigenvalue weighted by Crippen LogP contribution is -2.53. The molecule has 4 fully saturated rings.